The second-order valence-electron chi connectivity index (χ2n) is 9.33. The predicted molar refractivity (Wildman–Crippen MR) is 140 cm³/mol. The van der Waals surface area contributed by atoms with Gasteiger partial charge in [0.05, 0.1) is 18.7 Å². The maximum atomic E-state index is 13.5. The number of halogens is 1. The highest BCUT2D eigenvalue weighted by Crippen LogP contribution is 2.41. The minimum absolute atomic E-state index is 0.108. The maximum absolute atomic E-state index is 13.5. The van der Waals surface area contributed by atoms with E-state index in [9.17, 15) is 19.4 Å². The zero-order valence-corrected chi connectivity index (χ0v) is 21.6. The van der Waals surface area contributed by atoms with Crippen LogP contribution in [0.25, 0.3) is 5.76 Å². The molecule has 0 amide bonds. The summed E-state index contributed by atoms with van der Waals surface area (Å²) in [6, 6.07) is 12.0. The van der Waals surface area contributed by atoms with E-state index < -0.39 is 23.9 Å². The van der Waals surface area contributed by atoms with Crippen LogP contribution in [0.5, 0.6) is 5.75 Å². The number of rotatable bonds is 13. The van der Waals surface area contributed by atoms with E-state index in [1.807, 2.05) is 24.3 Å². The van der Waals surface area contributed by atoms with Crippen molar-refractivity contribution in [3.8, 4) is 5.75 Å². The molecule has 196 valence electrons. The summed E-state index contributed by atoms with van der Waals surface area (Å²) in [5.41, 5.74) is 1.17. The topological polar surface area (TPSA) is 73.2 Å². The van der Waals surface area contributed by atoms with Crippen molar-refractivity contribution in [2.45, 2.75) is 58.2 Å². The van der Waals surface area contributed by atoms with Crippen molar-refractivity contribution in [2.24, 2.45) is 0 Å². The highest BCUT2D eigenvalue weighted by atomic mass is 19.1. The molecule has 2 atom stereocenters. The molecule has 1 aliphatic rings. The number of hydrogen-bond acceptors (Lipinski definition) is 6. The van der Waals surface area contributed by atoms with Crippen LogP contribution in [0.1, 0.15) is 63.1 Å². The molecular formula is C29H39FN2O4. The molecule has 1 fully saturated rings. The number of aliphatic hydroxyl groups excluding tert-OH is 2. The molecule has 0 bridgehead atoms. The Balaban J connectivity index is 1.92. The molecule has 2 aromatic carbocycles. The van der Waals surface area contributed by atoms with Gasteiger partial charge in [-0.3, -0.25) is 9.69 Å². The molecule has 0 radical (unpaired) electrons. The minimum atomic E-state index is -1.38. The Hall–Kier alpha value is -2.74. The van der Waals surface area contributed by atoms with Crippen molar-refractivity contribution in [1.82, 2.24) is 9.80 Å². The van der Waals surface area contributed by atoms with Gasteiger partial charge in [-0.25, -0.2) is 4.39 Å². The molecule has 0 aromatic heterocycles. The van der Waals surface area contributed by atoms with Gasteiger partial charge < -0.3 is 19.8 Å². The number of methoxy groups -OCH3 is 1. The molecule has 0 spiro atoms. The lowest BCUT2D eigenvalue weighted by Gasteiger charge is -2.29. The lowest BCUT2D eigenvalue weighted by atomic mass is 9.95. The molecule has 1 heterocycles. The van der Waals surface area contributed by atoms with Crippen molar-refractivity contribution < 1.29 is 24.1 Å². The van der Waals surface area contributed by atoms with E-state index in [-0.39, 0.29) is 11.3 Å². The molecule has 0 aliphatic carbocycles. The van der Waals surface area contributed by atoms with Crippen LogP contribution < -0.4 is 4.74 Å². The quantitative estimate of drug-likeness (QED) is 0.287. The molecule has 0 saturated carbocycles. The second kappa shape index (κ2) is 13.5. The fourth-order valence-electron chi connectivity index (χ4n) is 4.74. The van der Waals surface area contributed by atoms with E-state index in [1.165, 1.54) is 24.3 Å². The second-order valence-corrected chi connectivity index (χ2v) is 9.33. The lowest BCUT2D eigenvalue weighted by molar-refractivity contribution is -0.127. The van der Waals surface area contributed by atoms with Crippen molar-refractivity contribution >= 4 is 11.5 Å². The van der Waals surface area contributed by atoms with Crippen LogP contribution in [-0.4, -0.2) is 65.3 Å². The van der Waals surface area contributed by atoms with Crippen LogP contribution in [-0.2, 0) is 4.79 Å². The van der Waals surface area contributed by atoms with Gasteiger partial charge >= 0.3 is 0 Å². The minimum Gasteiger partial charge on any atom is -0.507 e. The van der Waals surface area contributed by atoms with Gasteiger partial charge in [0.25, 0.3) is 0 Å². The standard InChI is InChI=1S/C29H39FN2O4/c1-4-6-16-31(17-7-5-2)18-9-19-32-26(22-10-8-11-24(20-22)36-3)25(28(34)29(32)35)27(33)21-12-14-23(30)15-13-21/h8,10-15,20,26,29,33,35H,4-7,9,16-19H2,1-3H3/b27-25-. The number of ether oxygens (including phenoxy) is 1. The number of Topliss-reactive ketones (excluding diaryl/α,β-unsaturated/α-hetero) is 1. The van der Waals surface area contributed by atoms with E-state index in [1.54, 1.807) is 12.0 Å². The van der Waals surface area contributed by atoms with Crippen molar-refractivity contribution in [1.29, 1.82) is 0 Å². The van der Waals surface area contributed by atoms with Crippen LogP contribution in [0.2, 0.25) is 0 Å². The highest BCUT2D eigenvalue weighted by molar-refractivity contribution is 6.07. The molecule has 36 heavy (non-hydrogen) atoms. The average Bonchev–Trinajstić information content (AvgIpc) is 3.15. The molecule has 2 unspecified atom stereocenters. The number of likely N-dealkylation sites (tertiary alicyclic amines) is 1. The van der Waals surface area contributed by atoms with Gasteiger partial charge in [0.15, 0.2) is 6.23 Å². The fraction of sp³-hybridized carbons (Fsp3) is 0.483. The lowest BCUT2D eigenvalue weighted by Crippen LogP contribution is -2.37. The van der Waals surface area contributed by atoms with Gasteiger partial charge in [0.2, 0.25) is 5.78 Å². The van der Waals surface area contributed by atoms with Crippen LogP contribution in [0.4, 0.5) is 4.39 Å². The van der Waals surface area contributed by atoms with Crippen molar-refractivity contribution in [2.75, 3.05) is 33.3 Å². The van der Waals surface area contributed by atoms with E-state index in [2.05, 4.69) is 18.7 Å². The molecule has 2 aromatic rings. The first kappa shape index (κ1) is 27.8. The van der Waals surface area contributed by atoms with Crippen molar-refractivity contribution in [3.05, 3.63) is 71.0 Å². The van der Waals surface area contributed by atoms with Gasteiger partial charge in [-0.05, 0) is 80.9 Å². The third-order valence-electron chi connectivity index (χ3n) is 6.75. The third-order valence-corrected chi connectivity index (χ3v) is 6.75. The van der Waals surface area contributed by atoms with Crippen LogP contribution in [0, 0.1) is 5.82 Å². The number of ketones is 1. The average molecular weight is 499 g/mol. The summed E-state index contributed by atoms with van der Waals surface area (Å²) in [6.07, 6.45) is 3.94. The van der Waals surface area contributed by atoms with Gasteiger partial charge in [0, 0.05) is 12.1 Å². The molecular weight excluding hydrogens is 459 g/mol. The van der Waals surface area contributed by atoms with Gasteiger partial charge in [-0.15, -0.1) is 0 Å². The van der Waals surface area contributed by atoms with Crippen LogP contribution >= 0.6 is 0 Å². The number of unbranched alkanes of at least 4 members (excludes halogenated alkanes) is 2. The Kier molecular flexibility index (Phi) is 10.5. The monoisotopic (exact) mass is 498 g/mol. The normalized spacial score (nSPS) is 19.8. The Morgan fingerprint density at radius 2 is 1.67 bits per heavy atom. The molecule has 6 nitrogen and oxygen atoms in total. The largest absolute Gasteiger partial charge is 0.507 e. The summed E-state index contributed by atoms with van der Waals surface area (Å²) in [6.45, 7) is 7.78. The van der Waals surface area contributed by atoms with E-state index in [0.717, 1.165) is 57.3 Å². The Bertz CT molecular complexity index is 1020. The number of aliphatic hydroxyl groups is 2. The number of nitrogens with zero attached hydrogens (tertiary/aromatic N) is 2. The molecule has 2 N–H and O–H groups in total. The van der Waals surface area contributed by atoms with E-state index in [4.69, 9.17) is 4.74 Å². The zero-order chi connectivity index (χ0) is 26.1. The van der Waals surface area contributed by atoms with Crippen molar-refractivity contribution in [3.63, 3.8) is 0 Å². The molecule has 1 aliphatic heterocycles. The first-order valence-corrected chi connectivity index (χ1v) is 12.9. The Labute approximate surface area is 214 Å². The third kappa shape index (κ3) is 6.72. The molecule has 7 heteroatoms. The first-order valence-electron chi connectivity index (χ1n) is 12.9. The number of benzene rings is 2. The SMILES string of the molecule is CCCCN(CCCC)CCCN1C(O)C(=O)/C(=C(\O)c2ccc(F)cc2)C1c1cccc(OC)c1. The summed E-state index contributed by atoms with van der Waals surface area (Å²) in [7, 11) is 1.57. The van der Waals surface area contributed by atoms with E-state index in [0.29, 0.717) is 17.9 Å². The van der Waals surface area contributed by atoms with E-state index >= 15 is 0 Å². The Morgan fingerprint density at radius 3 is 2.28 bits per heavy atom. The van der Waals surface area contributed by atoms with Gasteiger partial charge in [-0.1, -0.05) is 38.8 Å². The number of carbonyl (C=O) groups excluding carboxylic acids is 1. The fourth-order valence-corrected chi connectivity index (χ4v) is 4.74. The smallest absolute Gasteiger partial charge is 0.208 e. The van der Waals surface area contributed by atoms with Crippen LogP contribution in [0.15, 0.2) is 54.1 Å². The number of carbonyl (C=O) groups is 1. The summed E-state index contributed by atoms with van der Waals surface area (Å²) >= 11 is 0. The summed E-state index contributed by atoms with van der Waals surface area (Å²) in [5, 5.41) is 22.1. The summed E-state index contributed by atoms with van der Waals surface area (Å²) < 4.78 is 18.9. The first-order chi connectivity index (χ1) is 17.4. The maximum Gasteiger partial charge on any atom is 0.208 e. The highest BCUT2D eigenvalue weighted by Gasteiger charge is 2.46. The molecule has 1 saturated heterocycles. The van der Waals surface area contributed by atoms with Gasteiger partial charge in [0.1, 0.15) is 17.3 Å². The number of hydrogen-bond donors (Lipinski definition) is 2. The molecule has 3 rings (SSSR count). The summed E-state index contributed by atoms with van der Waals surface area (Å²) in [4.78, 5) is 17.5. The van der Waals surface area contributed by atoms with Gasteiger partial charge in [-0.2, -0.15) is 0 Å². The zero-order valence-electron chi connectivity index (χ0n) is 21.6. The summed E-state index contributed by atoms with van der Waals surface area (Å²) in [5.74, 6) is -0.608. The Morgan fingerprint density at radius 1 is 1.03 bits per heavy atom. The predicted octanol–water partition coefficient (Wildman–Crippen LogP) is 5.34. The van der Waals surface area contributed by atoms with Crippen LogP contribution in [0.3, 0.4) is 0 Å².